The number of carbonyl (C=O) groups is 1. The number of hydrogen-bond donors (Lipinski definition) is 2. The highest BCUT2D eigenvalue weighted by atomic mass is 16.6. The van der Waals surface area contributed by atoms with Crippen LogP contribution in [0.5, 0.6) is 0 Å². The van der Waals surface area contributed by atoms with Crippen LogP contribution in [0.3, 0.4) is 0 Å². The lowest BCUT2D eigenvalue weighted by Crippen LogP contribution is -2.32. The van der Waals surface area contributed by atoms with Gasteiger partial charge in [0.05, 0.1) is 6.54 Å². The van der Waals surface area contributed by atoms with Crippen LogP contribution in [0.1, 0.15) is 39.9 Å². The molecule has 9 nitrogen and oxygen atoms in total. The van der Waals surface area contributed by atoms with Crippen molar-refractivity contribution >= 4 is 23.3 Å². The number of hydrogen-bond acceptors (Lipinski definition) is 5. The Bertz CT molecular complexity index is 1070. The highest BCUT2D eigenvalue weighted by Gasteiger charge is 2.16. The van der Waals surface area contributed by atoms with Gasteiger partial charge in [-0.2, -0.15) is 0 Å². The molecule has 0 saturated carbocycles. The predicted molar refractivity (Wildman–Crippen MR) is 107 cm³/mol. The fraction of sp³-hybridized carbons (Fsp3) is 0.474. The topological polar surface area (TPSA) is 111 Å². The van der Waals surface area contributed by atoms with Crippen molar-refractivity contribution in [3.05, 3.63) is 32.7 Å². The molecule has 2 rings (SSSR count). The predicted octanol–water partition coefficient (Wildman–Crippen LogP) is 1.37. The molecule has 28 heavy (non-hydrogen) atoms. The summed E-state index contributed by atoms with van der Waals surface area (Å²) in [5, 5.41) is 2.66. The SMILES string of the molecule is CC#CCn1c(C=CCCNC(=O)OC(C)(C)C)nc2c1c(=O)[nH]c(=O)n2C. The van der Waals surface area contributed by atoms with Crippen molar-refractivity contribution in [2.75, 3.05) is 6.54 Å². The van der Waals surface area contributed by atoms with E-state index in [1.807, 2.05) is 6.08 Å². The van der Waals surface area contributed by atoms with E-state index in [2.05, 4.69) is 27.1 Å². The van der Waals surface area contributed by atoms with Crippen molar-refractivity contribution in [3.8, 4) is 11.8 Å². The zero-order chi connectivity index (χ0) is 20.9. The maximum Gasteiger partial charge on any atom is 0.407 e. The molecule has 2 aromatic heterocycles. The second-order valence-corrected chi connectivity index (χ2v) is 7.09. The van der Waals surface area contributed by atoms with Crippen molar-refractivity contribution in [1.29, 1.82) is 0 Å². The summed E-state index contributed by atoms with van der Waals surface area (Å²) < 4.78 is 8.11. The van der Waals surface area contributed by atoms with Crippen molar-refractivity contribution in [1.82, 2.24) is 24.4 Å². The molecular weight excluding hydrogens is 362 g/mol. The third-order valence-electron chi connectivity index (χ3n) is 3.70. The van der Waals surface area contributed by atoms with E-state index in [-0.39, 0.29) is 17.7 Å². The molecule has 150 valence electrons. The van der Waals surface area contributed by atoms with E-state index in [4.69, 9.17) is 4.74 Å². The summed E-state index contributed by atoms with van der Waals surface area (Å²) in [5.41, 5.74) is -1.00. The van der Waals surface area contributed by atoms with Gasteiger partial charge in [-0.1, -0.05) is 12.0 Å². The standard InChI is InChI=1S/C19H25N5O4/c1-6-7-12-24-13(10-8-9-11-20-18(27)28-19(2,3)4)21-15-14(24)16(25)22-17(26)23(15)5/h8,10H,9,11-12H2,1-5H3,(H,20,27)(H,22,25,26). The Labute approximate surface area is 162 Å². The van der Waals surface area contributed by atoms with Crippen LogP contribution >= 0.6 is 0 Å². The summed E-state index contributed by atoms with van der Waals surface area (Å²) in [6.07, 6.45) is 3.61. The second kappa shape index (κ2) is 8.61. The van der Waals surface area contributed by atoms with Crippen LogP contribution in [0.2, 0.25) is 0 Å². The Balaban J connectivity index is 2.20. The number of nitrogens with one attached hydrogen (secondary N) is 2. The summed E-state index contributed by atoms with van der Waals surface area (Å²) in [5.74, 6) is 6.20. The van der Waals surface area contributed by atoms with E-state index in [9.17, 15) is 14.4 Å². The van der Waals surface area contributed by atoms with Crippen LogP contribution in [0.25, 0.3) is 17.2 Å². The van der Waals surface area contributed by atoms with E-state index < -0.39 is 22.9 Å². The molecule has 1 amide bonds. The number of fused-ring (bicyclic) bond motifs is 1. The molecule has 2 N–H and O–H groups in total. The third-order valence-corrected chi connectivity index (χ3v) is 3.70. The van der Waals surface area contributed by atoms with E-state index in [1.165, 1.54) is 4.57 Å². The number of imidazole rings is 1. The lowest BCUT2D eigenvalue weighted by atomic mass is 10.2. The van der Waals surface area contributed by atoms with Gasteiger partial charge in [0.15, 0.2) is 11.2 Å². The third kappa shape index (κ3) is 5.13. The molecule has 0 aliphatic heterocycles. The maximum absolute atomic E-state index is 12.3. The second-order valence-electron chi connectivity index (χ2n) is 7.09. The molecule has 2 heterocycles. The average Bonchev–Trinajstić information content (AvgIpc) is 2.95. The number of aryl methyl sites for hydroxylation is 1. The van der Waals surface area contributed by atoms with Gasteiger partial charge in [0.2, 0.25) is 0 Å². The van der Waals surface area contributed by atoms with Gasteiger partial charge in [-0.15, -0.1) is 5.92 Å². The summed E-state index contributed by atoms with van der Waals surface area (Å²) >= 11 is 0. The van der Waals surface area contributed by atoms with Crippen molar-refractivity contribution < 1.29 is 9.53 Å². The Morgan fingerprint density at radius 3 is 2.71 bits per heavy atom. The molecule has 0 aliphatic carbocycles. The molecule has 0 bridgehead atoms. The molecule has 2 aromatic rings. The van der Waals surface area contributed by atoms with Crippen LogP contribution in [-0.4, -0.2) is 37.3 Å². The Morgan fingerprint density at radius 2 is 2.07 bits per heavy atom. The molecule has 0 aromatic carbocycles. The van der Waals surface area contributed by atoms with Gasteiger partial charge in [0, 0.05) is 13.6 Å². The first kappa shape index (κ1) is 21.0. The number of carbonyl (C=O) groups excluding carboxylic acids is 1. The zero-order valence-corrected chi connectivity index (χ0v) is 16.8. The zero-order valence-electron chi connectivity index (χ0n) is 16.8. The van der Waals surface area contributed by atoms with Gasteiger partial charge in [0.25, 0.3) is 5.56 Å². The molecule has 0 spiro atoms. The Morgan fingerprint density at radius 1 is 1.36 bits per heavy atom. The number of amides is 1. The Hall–Kier alpha value is -3.28. The lowest BCUT2D eigenvalue weighted by Gasteiger charge is -2.19. The van der Waals surface area contributed by atoms with Crippen molar-refractivity contribution in [3.63, 3.8) is 0 Å². The molecule has 0 aliphatic rings. The molecule has 0 saturated heterocycles. The van der Waals surface area contributed by atoms with Crippen LogP contribution in [-0.2, 0) is 18.3 Å². The summed E-state index contributed by atoms with van der Waals surface area (Å²) in [4.78, 5) is 42.4. The number of H-pyrrole nitrogens is 1. The lowest BCUT2D eigenvalue weighted by molar-refractivity contribution is 0.0529. The minimum atomic E-state index is -0.548. The van der Waals surface area contributed by atoms with Crippen molar-refractivity contribution in [2.45, 2.75) is 46.3 Å². The van der Waals surface area contributed by atoms with Gasteiger partial charge in [-0.3, -0.25) is 14.3 Å². The monoisotopic (exact) mass is 387 g/mol. The number of aromatic amines is 1. The smallest absolute Gasteiger partial charge is 0.407 e. The Kier molecular flexibility index (Phi) is 6.46. The van der Waals surface area contributed by atoms with E-state index >= 15 is 0 Å². The summed E-state index contributed by atoms with van der Waals surface area (Å²) in [6, 6.07) is 0. The van der Waals surface area contributed by atoms with E-state index in [1.54, 1.807) is 45.4 Å². The highest BCUT2D eigenvalue weighted by Crippen LogP contribution is 2.12. The quantitative estimate of drug-likeness (QED) is 0.595. The maximum atomic E-state index is 12.3. The average molecular weight is 387 g/mol. The number of rotatable bonds is 5. The van der Waals surface area contributed by atoms with Gasteiger partial charge in [-0.25, -0.2) is 14.6 Å². The van der Waals surface area contributed by atoms with Gasteiger partial charge >= 0.3 is 11.8 Å². The fourth-order valence-electron chi connectivity index (χ4n) is 2.46. The minimum Gasteiger partial charge on any atom is -0.444 e. The first-order chi connectivity index (χ1) is 13.1. The van der Waals surface area contributed by atoms with E-state index in [0.717, 1.165) is 0 Å². The number of nitrogens with zero attached hydrogens (tertiary/aromatic N) is 3. The normalized spacial score (nSPS) is 11.5. The van der Waals surface area contributed by atoms with E-state index in [0.29, 0.717) is 18.8 Å². The van der Waals surface area contributed by atoms with Gasteiger partial charge < -0.3 is 14.6 Å². The van der Waals surface area contributed by atoms with Crippen LogP contribution in [0.4, 0.5) is 4.79 Å². The molecule has 0 unspecified atom stereocenters. The fourth-order valence-corrected chi connectivity index (χ4v) is 2.46. The first-order valence-electron chi connectivity index (χ1n) is 8.86. The molecule has 0 fully saturated rings. The van der Waals surface area contributed by atoms with Gasteiger partial charge in [-0.05, 0) is 40.2 Å². The number of alkyl carbamates (subject to hydrolysis) is 1. The molecular formula is C19H25N5O4. The van der Waals surface area contributed by atoms with Gasteiger partial charge in [0.1, 0.15) is 11.4 Å². The van der Waals surface area contributed by atoms with Crippen molar-refractivity contribution in [2.24, 2.45) is 7.05 Å². The molecule has 9 heteroatoms. The summed E-state index contributed by atoms with van der Waals surface area (Å²) in [7, 11) is 1.54. The van der Waals surface area contributed by atoms with Crippen LogP contribution < -0.4 is 16.6 Å². The summed E-state index contributed by atoms with van der Waals surface area (Å²) in [6.45, 7) is 7.75. The highest BCUT2D eigenvalue weighted by molar-refractivity contribution is 5.73. The number of aromatic nitrogens is 4. The largest absolute Gasteiger partial charge is 0.444 e. The first-order valence-corrected chi connectivity index (χ1v) is 8.86. The number of ether oxygens (including phenoxy) is 1. The molecule has 0 atom stereocenters. The minimum absolute atomic E-state index is 0.268. The van der Waals surface area contributed by atoms with Crippen LogP contribution in [0, 0.1) is 11.8 Å². The van der Waals surface area contributed by atoms with Crippen LogP contribution in [0.15, 0.2) is 15.7 Å². The molecule has 0 radical (unpaired) electrons.